The lowest BCUT2D eigenvalue weighted by Gasteiger charge is -2.23. The summed E-state index contributed by atoms with van der Waals surface area (Å²) in [6.45, 7) is 6.82. The van der Waals surface area contributed by atoms with Gasteiger partial charge in [-0.05, 0) is 45.9 Å². The zero-order valence-electron chi connectivity index (χ0n) is 11.8. The van der Waals surface area contributed by atoms with Gasteiger partial charge < -0.3 is 10.1 Å². The minimum Gasteiger partial charge on any atom is -0.449 e. The number of hydrogen-bond acceptors (Lipinski definition) is 3. The van der Waals surface area contributed by atoms with Crippen molar-refractivity contribution in [3.05, 3.63) is 34.6 Å². The number of esters is 1. The summed E-state index contributed by atoms with van der Waals surface area (Å²) < 4.78 is 18.4. The number of rotatable bonds is 3. The third kappa shape index (κ3) is 4.81. The highest BCUT2D eigenvalue weighted by molar-refractivity contribution is 6.30. The van der Waals surface area contributed by atoms with Crippen LogP contribution >= 0.6 is 11.6 Å². The second kappa shape index (κ2) is 6.22. The molecule has 1 amide bonds. The maximum atomic E-state index is 13.5. The molecule has 1 aromatic carbocycles. The highest BCUT2D eigenvalue weighted by Gasteiger charge is 2.24. The molecule has 0 heterocycles. The quantitative estimate of drug-likeness (QED) is 0.873. The van der Waals surface area contributed by atoms with Crippen LogP contribution in [-0.2, 0) is 9.53 Å². The summed E-state index contributed by atoms with van der Waals surface area (Å²) in [5, 5.41) is 2.88. The van der Waals surface area contributed by atoms with E-state index in [0.717, 1.165) is 12.1 Å². The van der Waals surface area contributed by atoms with Gasteiger partial charge in [-0.25, -0.2) is 9.18 Å². The van der Waals surface area contributed by atoms with Crippen LogP contribution in [-0.4, -0.2) is 23.5 Å². The van der Waals surface area contributed by atoms with Gasteiger partial charge in [-0.3, -0.25) is 4.79 Å². The largest absolute Gasteiger partial charge is 0.449 e. The van der Waals surface area contributed by atoms with Crippen LogP contribution in [0.5, 0.6) is 0 Å². The number of carbonyl (C=O) groups is 2. The molecule has 1 N–H and O–H groups in total. The van der Waals surface area contributed by atoms with Crippen molar-refractivity contribution in [2.24, 2.45) is 0 Å². The number of hydrogen-bond donors (Lipinski definition) is 1. The van der Waals surface area contributed by atoms with Crippen molar-refractivity contribution in [2.45, 2.75) is 39.3 Å². The zero-order valence-corrected chi connectivity index (χ0v) is 12.5. The molecule has 0 radical (unpaired) electrons. The van der Waals surface area contributed by atoms with Crippen molar-refractivity contribution in [3.63, 3.8) is 0 Å². The molecule has 0 bridgehead atoms. The first kappa shape index (κ1) is 16.4. The molecule has 0 saturated carbocycles. The first-order valence-electron chi connectivity index (χ1n) is 6.08. The Morgan fingerprint density at radius 1 is 1.35 bits per heavy atom. The summed E-state index contributed by atoms with van der Waals surface area (Å²) in [6, 6.07) is 3.55. The van der Waals surface area contributed by atoms with Crippen LogP contribution in [0.25, 0.3) is 0 Å². The topological polar surface area (TPSA) is 55.4 Å². The number of ether oxygens (including phenoxy) is 1. The van der Waals surface area contributed by atoms with Crippen molar-refractivity contribution in [2.75, 3.05) is 0 Å². The Kier molecular flexibility index (Phi) is 5.11. The second-order valence-corrected chi connectivity index (χ2v) is 5.85. The van der Waals surface area contributed by atoms with E-state index in [1.807, 2.05) is 0 Å². The molecule has 0 spiro atoms. The fourth-order valence-electron chi connectivity index (χ4n) is 1.40. The van der Waals surface area contributed by atoms with Crippen molar-refractivity contribution < 1.29 is 18.7 Å². The van der Waals surface area contributed by atoms with Gasteiger partial charge in [0.25, 0.3) is 5.91 Å². The van der Waals surface area contributed by atoms with Gasteiger partial charge in [0.2, 0.25) is 0 Å². The number of benzene rings is 1. The van der Waals surface area contributed by atoms with Gasteiger partial charge in [0.15, 0.2) is 6.10 Å². The molecule has 0 aliphatic carbocycles. The molecule has 1 aromatic rings. The van der Waals surface area contributed by atoms with Crippen LogP contribution < -0.4 is 5.32 Å². The Labute approximate surface area is 122 Å². The molecule has 0 aliphatic rings. The minimum atomic E-state index is -1.03. The molecular formula is C14H17ClFNO3. The molecule has 1 atom stereocenters. The first-order valence-corrected chi connectivity index (χ1v) is 6.46. The Morgan fingerprint density at radius 3 is 2.50 bits per heavy atom. The van der Waals surface area contributed by atoms with Gasteiger partial charge in [0.05, 0.1) is 5.56 Å². The average Bonchev–Trinajstić information content (AvgIpc) is 2.29. The third-order valence-corrected chi connectivity index (χ3v) is 2.53. The van der Waals surface area contributed by atoms with E-state index in [9.17, 15) is 14.0 Å². The van der Waals surface area contributed by atoms with Gasteiger partial charge in [0.1, 0.15) is 5.82 Å². The minimum absolute atomic E-state index is 0.213. The second-order valence-electron chi connectivity index (χ2n) is 5.41. The highest BCUT2D eigenvalue weighted by Crippen LogP contribution is 2.16. The Balaban J connectivity index is 2.75. The predicted octanol–water partition coefficient (Wildman–Crippen LogP) is 2.94. The molecule has 110 valence electrons. The van der Waals surface area contributed by atoms with E-state index in [4.69, 9.17) is 16.3 Å². The maximum Gasteiger partial charge on any atom is 0.341 e. The van der Waals surface area contributed by atoms with Gasteiger partial charge in [-0.1, -0.05) is 11.6 Å². The molecular weight excluding hydrogens is 285 g/mol. The van der Waals surface area contributed by atoms with Crippen LogP contribution in [0.4, 0.5) is 4.39 Å². The van der Waals surface area contributed by atoms with Crippen LogP contribution in [0.1, 0.15) is 38.1 Å². The summed E-state index contributed by atoms with van der Waals surface area (Å²) in [5.74, 6) is -2.13. The summed E-state index contributed by atoms with van der Waals surface area (Å²) in [4.78, 5) is 23.6. The van der Waals surface area contributed by atoms with Gasteiger partial charge >= 0.3 is 5.97 Å². The summed E-state index contributed by atoms with van der Waals surface area (Å²) in [6.07, 6.45) is -1.03. The van der Waals surface area contributed by atoms with Crippen molar-refractivity contribution >= 4 is 23.5 Å². The van der Waals surface area contributed by atoms with Crippen LogP contribution in [0.3, 0.4) is 0 Å². The zero-order chi connectivity index (χ0) is 15.5. The molecule has 0 saturated heterocycles. The monoisotopic (exact) mass is 301 g/mol. The molecule has 0 aromatic heterocycles. The number of carbonyl (C=O) groups excluding carboxylic acids is 2. The smallest absolute Gasteiger partial charge is 0.341 e. The van der Waals surface area contributed by atoms with Gasteiger partial charge in [-0.15, -0.1) is 0 Å². The van der Waals surface area contributed by atoms with Crippen molar-refractivity contribution in [1.29, 1.82) is 0 Å². The third-order valence-electron chi connectivity index (χ3n) is 2.30. The Hall–Kier alpha value is -1.62. The molecule has 0 fully saturated rings. The lowest BCUT2D eigenvalue weighted by atomic mass is 10.1. The summed E-state index contributed by atoms with van der Waals surface area (Å²) in [7, 11) is 0. The number of nitrogens with one attached hydrogen (secondary N) is 1. The van der Waals surface area contributed by atoms with Gasteiger partial charge in [0, 0.05) is 10.6 Å². The van der Waals surface area contributed by atoms with E-state index >= 15 is 0 Å². The fourth-order valence-corrected chi connectivity index (χ4v) is 1.57. The highest BCUT2D eigenvalue weighted by atomic mass is 35.5. The first-order chi connectivity index (χ1) is 9.10. The Bertz CT molecular complexity index is 526. The van der Waals surface area contributed by atoms with E-state index < -0.39 is 29.3 Å². The van der Waals surface area contributed by atoms with Crippen molar-refractivity contribution in [1.82, 2.24) is 5.32 Å². The summed E-state index contributed by atoms with van der Waals surface area (Å²) >= 11 is 5.69. The molecule has 1 rings (SSSR count). The van der Waals surface area contributed by atoms with E-state index in [1.54, 1.807) is 20.8 Å². The van der Waals surface area contributed by atoms with Crippen LogP contribution in [0.15, 0.2) is 18.2 Å². The predicted molar refractivity (Wildman–Crippen MR) is 74.2 cm³/mol. The summed E-state index contributed by atoms with van der Waals surface area (Å²) in [5.41, 5.74) is -0.744. The normalized spacial score (nSPS) is 12.7. The van der Waals surface area contributed by atoms with E-state index in [0.29, 0.717) is 0 Å². The Morgan fingerprint density at radius 2 is 1.95 bits per heavy atom. The number of amides is 1. The van der Waals surface area contributed by atoms with E-state index in [1.165, 1.54) is 13.0 Å². The van der Waals surface area contributed by atoms with Crippen molar-refractivity contribution in [3.8, 4) is 0 Å². The maximum absolute atomic E-state index is 13.5. The van der Waals surface area contributed by atoms with Crippen LogP contribution in [0, 0.1) is 5.82 Å². The van der Waals surface area contributed by atoms with E-state index in [-0.39, 0.29) is 10.6 Å². The number of halogens is 2. The van der Waals surface area contributed by atoms with E-state index in [2.05, 4.69) is 5.32 Å². The average molecular weight is 302 g/mol. The molecule has 6 heteroatoms. The lowest BCUT2D eigenvalue weighted by molar-refractivity contribution is -0.130. The molecule has 0 aliphatic heterocycles. The van der Waals surface area contributed by atoms with Gasteiger partial charge in [-0.2, -0.15) is 0 Å². The molecule has 0 unspecified atom stereocenters. The lowest BCUT2D eigenvalue weighted by Crippen LogP contribution is -2.46. The SMILES string of the molecule is C[C@H](OC(=O)c1cc(Cl)ccc1F)C(=O)NC(C)(C)C. The molecule has 20 heavy (non-hydrogen) atoms. The van der Waals surface area contributed by atoms with Crippen LogP contribution in [0.2, 0.25) is 5.02 Å². The molecule has 4 nitrogen and oxygen atoms in total. The fraction of sp³-hybridized carbons (Fsp3) is 0.429. The standard InChI is InChI=1S/C14H17ClFNO3/c1-8(12(18)17-14(2,3)4)20-13(19)10-7-9(15)5-6-11(10)16/h5-8H,1-4H3,(H,17,18)/t8-/m0/s1.